The average Bonchev–Trinajstić information content (AvgIpc) is 3.73. The molecule has 0 aliphatic carbocycles. The van der Waals surface area contributed by atoms with Crippen LogP contribution in [0.2, 0.25) is 0 Å². The highest BCUT2D eigenvalue weighted by Crippen LogP contribution is 2.48. The third-order valence-electron chi connectivity index (χ3n) is 11.9. The second-order valence-electron chi connectivity index (χ2n) is 15.0. The SMILES string of the molecule is CCCCc1ccc(N2B3c4c(cc5c(oc6ccccc65)c4-n4c5cc6ccccc6cc5c5cccc3c54)-c3cc(CCCC)ccc32)cc1. The molecule has 7 aromatic carbocycles. The van der Waals surface area contributed by atoms with Crippen molar-refractivity contribution in [2.75, 3.05) is 4.81 Å². The summed E-state index contributed by atoms with van der Waals surface area (Å²) in [6, 6.07) is 48.3. The molecule has 2 aliphatic rings. The van der Waals surface area contributed by atoms with E-state index < -0.39 is 0 Å². The first kappa shape index (κ1) is 29.9. The van der Waals surface area contributed by atoms with Crippen molar-refractivity contribution < 1.29 is 4.42 Å². The van der Waals surface area contributed by atoms with E-state index in [1.165, 1.54) is 119 Å². The maximum absolute atomic E-state index is 6.99. The summed E-state index contributed by atoms with van der Waals surface area (Å²) in [6.07, 6.45) is 6.97. The summed E-state index contributed by atoms with van der Waals surface area (Å²) in [5.41, 5.74) is 16.1. The Morgan fingerprint density at radius 1 is 0.596 bits per heavy atom. The van der Waals surface area contributed by atoms with Crippen LogP contribution in [0, 0.1) is 0 Å². The molecule has 0 saturated carbocycles. The van der Waals surface area contributed by atoms with E-state index in [0.717, 1.165) is 24.0 Å². The van der Waals surface area contributed by atoms with E-state index in [2.05, 4.69) is 151 Å². The van der Waals surface area contributed by atoms with Gasteiger partial charge in [-0.2, -0.15) is 0 Å². The Morgan fingerprint density at radius 3 is 2.15 bits per heavy atom. The summed E-state index contributed by atoms with van der Waals surface area (Å²) in [7, 11) is 0. The number of para-hydroxylation sites is 2. The van der Waals surface area contributed by atoms with Crippen LogP contribution < -0.4 is 15.7 Å². The zero-order valence-corrected chi connectivity index (χ0v) is 29.7. The Kier molecular flexibility index (Phi) is 6.56. The van der Waals surface area contributed by atoms with Crippen molar-refractivity contribution in [2.45, 2.75) is 52.4 Å². The molecule has 0 atom stereocenters. The topological polar surface area (TPSA) is 21.3 Å². The summed E-state index contributed by atoms with van der Waals surface area (Å²) < 4.78 is 9.55. The smallest absolute Gasteiger partial charge is 0.333 e. The molecule has 9 aromatic rings. The first-order chi connectivity index (χ1) is 25.7. The van der Waals surface area contributed by atoms with Gasteiger partial charge in [-0.3, -0.25) is 0 Å². The number of aromatic nitrogens is 1. The van der Waals surface area contributed by atoms with Crippen molar-refractivity contribution in [3.8, 4) is 16.8 Å². The third-order valence-corrected chi connectivity index (χ3v) is 11.9. The molecule has 0 spiro atoms. The highest BCUT2D eigenvalue weighted by atomic mass is 16.3. The lowest BCUT2D eigenvalue weighted by molar-refractivity contribution is 0.667. The molecule has 3 nitrogen and oxygen atoms in total. The van der Waals surface area contributed by atoms with Gasteiger partial charge < -0.3 is 13.8 Å². The Hall–Kier alpha value is -5.74. The van der Waals surface area contributed by atoms with Crippen LogP contribution >= 0.6 is 0 Å². The lowest BCUT2D eigenvalue weighted by Crippen LogP contribution is -2.60. The maximum atomic E-state index is 6.99. The molecule has 0 N–H and O–H groups in total. The van der Waals surface area contributed by atoms with E-state index in [1.54, 1.807) is 0 Å². The second kappa shape index (κ2) is 11.4. The highest BCUT2D eigenvalue weighted by molar-refractivity contribution is 6.94. The fourth-order valence-electron chi connectivity index (χ4n) is 9.41. The number of unbranched alkanes of at least 4 members (excludes halogenated alkanes) is 2. The lowest BCUT2D eigenvalue weighted by Gasteiger charge is -2.42. The molecule has 52 heavy (non-hydrogen) atoms. The Labute approximate surface area is 304 Å². The van der Waals surface area contributed by atoms with Gasteiger partial charge in [0.05, 0.1) is 16.7 Å². The molecule has 0 saturated heterocycles. The third kappa shape index (κ3) is 4.15. The van der Waals surface area contributed by atoms with E-state index in [1.807, 2.05) is 0 Å². The van der Waals surface area contributed by atoms with Crippen LogP contribution in [0.15, 0.2) is 132 Å². The van der Waals surface area contributed by atoms with Crippen molar-refractivity contribution in [1.82, 2.24) is 4.57 Å². The molecular formula is C48H39BN2O. The largest absolute Gasteiger partial charge is 0.454 e. The van der Waals surface area contributed by atoms with Crippen molar-refractivity contribution in [3.05, 3.63) is 139 Å². The average molecular weight is 671 g/mol. The monoisotopic (exact) mass is 670 g/mol. The molecular weight excluding hydrogens is 631 g/mol. The number of hydrogen-bond acceptors (Lipinski definition) is 2. The van der Waals surface area contributed by atoms with E-state index in [-0.39, 0.29) is 6.85 Å². The fraction of sp³-hybridized carbons (Fsp3) is 0.167. The van der Waals surface area contributed by atoms with E-state index in [9.17, 15) is 0 Å². The normalized spacial score (nSPS) is 13.2. The Morgan fingerprint density at radius 2 is 1.33 bits per heavy atom. The molecule has 2 aliphatic heterocycles. The molecule has 0 radical (unpaired) electrons. The number of furan rings is 1. The van der Waals surface area contributed by atoms with Crippen LogP contribution in [0.3, 0.4) is 0 Å². The summed E-state index contributed by atoms with van der Waals surface area (Å²) in [4.78, 5) is 2.63. The number of nitrogens with zero attached hydrogens (tertiary/aromatic N) is 2. The fourth-order valence-corrected chi connectivity index (χ4v) is 9.41. The number of anilines is 2. The molecule has 4 heterocycles. The number of fused-ring (bicyclic) bond motifs is 12. The van der Waals surface area contributed by atoms with Crippen LogP contribution in [-0.4, -0.2) is 11.4 Å². The summed E-state index contributed by atoms with van der Waals surface area (Å²) in [5, 5.41) is 7.42. The van der Waals surface area contributed by atoms with Gasteiger partial charge in [-0.1, -0.05) is 106 Å². The van der Waals surface area contributed by atoms with Crippen molar-refractivity contribution in [1.29, 1.82) is 0 Å². The maximum Gasteiger partial charge on any atom is 0.333 e. The zero-order chi connectivity index (χ0) is 34.5. The highest BCUT2D eigenvalue weighted by Gasteiger charge is 2.45. The van der Waals surface area contributed by atoms with Gasteiger partial charge in [0.15, 0.2) is 5.58 Å². The Bertz CT molecular complexity index is 2890. The van der Waals surface area contributed by atoms with Crippen molar-refractivity contribution >= 4 is 83.7 Å². The van der Waals surface area contributed by atoms with Crippen LogP contribution in [0.5, 0.6) is 0 Å². The predicted molar refractivity (Wildman–Crippen MR) is 222 cm³/mol. The first-order valence-corrected chi connectivity index (χ1v) is 19.2. The zero-order valence-electron chi connectivity index (χ0n) is 29.7. The molecule has 2 aromatic heterocycles. The van der Waals surface area contributed by atoms with Gasteiger partial charge in [0.1, 0.15) is 5.58 Å². The molecule has 4 heteroatoms. The molecule has 0 unspecified atom stereocenters. The predicted octanol–water partition coefficient (Wildman–Crippen LogP) is 11.8. The summed E-state index contributed by atoms with van der Waals surface area (Å²) in [6.45, 7) is 4.52. The minimum absolute atomic E-state index is 0.0342. The standard InChI is InChI=1S/C48H39BN2O/c1-3-5-12-30-20-23-34(24-21-30)51-42-25-22-31(13-6-4-2)26-37(42)39-29-40-35-16-9-10-19-44(35)52-48(40)47-45(39)49(51)41-18-11-17-36-38-27-32-14-7-8-15-33(32)28-43(38)50(47)46(36)41/h7-11,14-29H,3-6,12-13H2,1-2H3. The van der Waals surface area contributed by atoms with Gasteiger partial charge in [0, 0.05) is 38.5 Å². The molecule has 0 fully saturated rings. The van der Waals surface area contributed by atoms with Crippen molar-refractivity contribution in [3.63, 3.8) is 0 Å². The molecule has 0 bridgehead atoms. The second-order valence-corrected chi connectivity index (χ2v) is 15.0. The summed E-state index contributed by atoms with van der Waals surface area (Å²) in [5.74, 6) is 0. The number of aryl methyl sites for hydroxylation is 2. The minimum Gasteiger partial charge on any atom is -0.454 e. The van der Waals surface area contributed by atoms with Crippen LogP contribution in [0.4, 0.5) is 11.4 Å². The summed E-state index contributed by atoms with van der Waals surface area (Å²) >= 11 is 0. The van der Waals surface area contributed by atoms with E-state index >= 15 is 0 Å². The van der Waals surface area contributed by atoms with Crippen molar-refractivity contribution in [2.24, 2.45) is 0 Å². The van der Waals surface area contributed by atoms with E-state index in [0.29, 0.717) is 0 Å². The quantitative estimate of drug-likeness (QED) is 0.157. The van der Waals surface area contributed by atoms with Gasteiger partial charge in [0.25, 0.3) is 0 Å². The minimum atomic E-state index is -0.0342. The van der Waals surface area contributed by atoms with Crippen LogP contribution in [0.25, 0.3) is 71.3 Å². The van der Waals surface area contributed by atoms with Gasteiger partial charge in [-0.15, -0.1) is 0 Å². The molecule has 11 rings (SSSR count). The van der Waals surface area contributed by atoms with Crippen LogP contribution in [-0.2, 0) is 12.8 Å². The van der Waals surface area contributed by atoms with Gasteiger partial charge in [-0.25, -0.2) is 0 Å². The van der Waals surface area contributed by atoms with E-state index in [4.69, 9.17) is 4.42 Å². The molecule has 0 amide bonds. The first-order valence-electron chi connectivity index (χ1n) is 19.2. The van der Waals surface area contributed by atoms with Gasteiger partial charge in [-0.05, 0) is 113 Å². The number of rotatable bonds is 7. The van der Waals surface area contributed by atoms with Crippen LogP contribution in [0.1, 0.15) is 50.7 Å². The number of benzene rings is 7. The van der Waals surface area contributed by atoms with Gasteiger partial charge in [0.2, 0.25) is 0 Å². The number of hydrogen-bond donors (Lipinski definition) is 0. The lowest BCUT2D eigenvalue weighted by atomic mass is 9.44. The molecule has 250 valence electrons. The van der Waals surface area contributed by atoms with Gasteiger partial charge >= 0.3 is 6.85 Å². The Balaban J connectivity index is 1.31.